The first-order chi connectivity index (χ1) is 10.0. The number of imidazole rings is 1. The van der Waals surface area contributed by atoms with Crippen molar-refractivity contribution in [3.05, 3.63) is 45.5 Å². The number of hydrogen-bond donors (Lipinski definition) is 1. The zero-order valence-corrected chi connectivity index (χ0v) is 11.5. The lowest BCUT2D eigenvalue weighted by atomic mass is 10.2. The Labute approximate surface area is 122 Å². The molecule has 1 aromatic carbocycles. The van der Waals surface area contributed by atoms with Gasteiger partial charge < -0.3 is 9.72 Å². The van der Waals surface area contributed by atoms with Crippen molar-refractivity contribution >= 4 is 28.5 Å². The molecule has 21 heavy (non-hydrogen) atoms. The molecule has 0 unspecified atom stereocenters. The number of aryl methyl sites for hydroxylation is 1. The van der Waals surface area contributed by atoms with Crippen LogP contribution in [0.3, 0.4) is 0 Å². The lowest BCUT2D eigenvalue weighted by molar-refractivity contribution is -0.385. The maximum Gasteiger partial charge on any atom is 0.311 e. The van der Waals surface area contributed by atoms with E-state index in [1.54, 1.807) is 13.0 Å². The molecule has 0 bridgehead atoms. The number of ether oxygens (including phenoxy) is 1. The Bertz CT molecular complexity index is 848. The van der Waals surface area contributed by atoms with E-state index in [9.17, 15) is 10.1 Å². The van der Waals surface area contributed by atoms with Crippen LogP contribution in [0.1, 0.15) is 5.56 Å². The molecule has 0 aliphatic heterocycles. The van der Waals surface area contributed by atoms with E-state index < -0.39 is 4.92 Å². The number of rotatable bonds is 3. The summed E-state index contributed by atoms with van der Waals surface area (Å²) in [5, 5.41) is 11.0. The SMILES string of the molecule is Cc1ccc(Oc2nc(Cl)nc3nc[nH]c23)c([N+](=O)[O-])c1. The average molecular weight is 306 g/mol. The number of nitrogens with one attached hydrogen (secondary N) is 1. The van der Waals surface area contributed by atoms with Gasteiger partial charge >= 0.3 is 5.69 Å². The number of nitro groups is 1. The zero-order valence-electron chi connectivity index (χ0n) is 10.7. The second-order valence-electron chi connectivity index (χ2n) is 4.23. The second kappa shape index (κ2) is 4.98. The highest BCUT2D eigenvalue weighted by atomic mass is 35.5. The van der Waals surface area contributed by atoms with E-state index in [0.29, 0.717) is 11.2 Å². The van der Waals surface area contributed by atoms with Gasteiger partial charge in [0.05, 0.1) is 11.3 Å². The predicted molar refractivity (Wildman–Crippen MR) is 74.6 cm³/mol. The van der Waals surface area contributed by atoms with Crippen LogP contribution >= 0.6 is 11.6 Å². The number of benzene rings is 1. The number of hydrogen-bond acceptors (Lipinski definition) is 6. The van der Waals surface area contributed by atoms with Crippen LogP contribution in [0.4, 0.5) is 5.69 Å². The van der Waals surface area contributed by atoms with Crippen LogP contribution in [-0.2, 0) is 0 Å². The van der Waals surface area contributed by atoms with Crippen molar-refractivity contribution in [2.75, 3.05) is 0 Å². The van der Waals surface area contributed by atoms with Crippen molar-refractivity contribution in [1.29, 1.82) is 0 Å². The summed E-state index contributed by atoms with van der Waals surface area (Å²) in [5.74, 6) is 0.144. The van der Waals surface area contributed by atoms with E-state index in [1.165, 1.54) is 18.5 Å². The average Bonchev–Trinajstić information content (AvgIpc) is 2.88. The second-order valence-corrected chi connectivity index (χ2v) is 4.57. The fraction of sp³-hybridized carbons (Fsp3) is 0.0833. The summed E-state index contributed by atoms with van der Waals surface area (Å²) in [5.41, 5.74) is 1.33. The summed E-state index contributed by atoms with van der Waals surface area (Å²) in [6.07, 6.45) is 1.41. The molecule has 0 radical (unpaired) electrons. The molecule has 9 heteroatoms. The highest BCUT2D eigenvalue weighted by Gasteiger charge is 2.19. The van der Waals surface area contributed by atoms with Gasteiger partial charge in [-0.05, 0) is 30.2 Å². The topological polar surface area (TPSA) is 107 Å². The van der Waals surface area contributed by atoms with Gasteiger partial charge in [0.25, 0.3) is 0 Å². The molecular formula is C12H8ClN5O3. The van der Waals surface area contributed by atoms with E-state index in [0.717, 1.165) is 5.56 Å². The van der Waals surface area contributed by atoms with Crippen LogP contribution < -0.4 is 4.74 Å². The highest BCUT2D eigenvalue weighted by molar-refractivity contribution is 6.28. The van der Waals surface area contributed by atoms with Crippen LogP contribution in [-0.4, -0.2) is 24.9 Å². The Hall–Kier alpha value is -2.74. The summed E-state index contributed by atoms with van der Waals surface area (Å²) >= 11 is 5.78. The quantitative estimate of drug-likeness (QED) is 0.453. The van der Waals surface area contributed by atoms with Crippen LogP contribution in [0.15, 0.2) is 24.5 Å². The molecule has 106 valence electrons. The number of aromatic amines is 1. The van der Waals surface area contributed by atoms with E-state index >= 15 is 0 Å². The Morgan fingerprint density at radius 2 is 2.19 bits per heavy atom. The van der Waals surface area contributed by atoms with Gasteiger partial charge in [0.15, 0.2) is 5.65 Å². The number of halogens is 1. The van der Waals surface area contributed by atoms with Crippen molar-refractivity contribution in [3.8, 4) is 11.6 Å². The number of nitrogens with zero attached hydrogens (tertiary/aromatic N) is 4. The minimum atomic E-state index is -0.519. The third-order valence-electron chi connectivity index (χ3n) is 2.74. The number of H-pyrrole nitrogens is 1. The summed E-state index contributed by atoms with van der Waals surface area (Å²) < 4.78 is 5.53. The monoisotopic (exact) mass is 305 g/mol. The van der Waals surface area contributed by atoms with Crippen molar-refractivity contribution < 1.29 is 9.66 Å². The first-order valence-corrected chi connectivity index (χ1v) is 6.22. The molecule has 0 saturated carbocycles. The molecule has 0 aliphatic carbocycles. The molecule has 2 aromatic heterocycles. The van der Waals surface area contributed by atoms with E-state index in [-0.39, 0.29) is 22.6 Å². The summed E-state index contributed by atoms with van der Waals surface area (Å²) in [4.78, 5) is 25.2. The molecule has 3 aromatic rings. The summed E-state index contributed by atoms with van der Waals surface area (Å²) in [6.45, 7) is 1.76. The lowest BCUT2D eigenvalue weighted by Gasteiger charge is -2.06. The molecule has 2 heterocycles. The molecule has 0 atom stereocenters. The van der Waals surface area contributed by atoms with Crippen LogP contribution in [0, 0.1) is 17.0 Å². The summed E-state index contributed by atoms with van der Waals surface area (Å²) in [7, 11) is 0. The van der Waals surface area contributed by atoms with Gasteiger partial charge in [0.1, 0.15) is 5.52 Å². The fourth-order valence-electron chi connectivity index (χ4n) is 1.82. The minimum absolute atomic E-state index is 0.0561. The Balaban J connectivity index is 2.10. The molecule has 0 amide bonds. The lowest BCUT2D eigenvalue weighted by Crippen LogP contribution is -1.97. The molecule has 8 nitrogen and oxygen atoms in total. The van der Waals surface area contributed by atoms with Crippen molar-refractivity contribution in [2.45, 2.75) is 6.92 Å². The standard InChI is InChI=1S/C12H8ClN5O3/c1-6-2-3-8(7(4-6)18(19)20)21-11-9-10(15-5-14-9)16-12(13)17-11/h2-5H,1H3,(H,14,15,16,17). The first kappa shape index (κ1) is 13.3. The maximum absolute atomic E-state index is 11.1. The van der Waals surface area contributed by atoms with Gasteiger partial charge in [-0.15, -0.1) is 0 Å². The van der Waals surface area contributed by atoms with Gasteiger partial charge in [-0.1, -0.05) is 6.07 Å². The molecule has 1 N–H and O–H groups in total. The maximum atomic E-state index is 11.1. The molecule has 3 rings (SSSR count). The van der Waals surface area contributed by atoms with Gasteiger partial charge in [-0.2, -0.15) is 9.97 Å². The van der Waals surface area contributed by atoms with E-state index in [1.807, 2.05) is 0 Å². The number of nitro benzene ring substituents is 1. The zero-order chi connectivity index (χ0) is 15.0. The Morgan fingerprint density at radius 3 is 2.95 bits per heavy atom. The molecule has 0 fully saturated rings. The van der Waals surface area contributed by atoms with E-state index in [2.05, 4.69) is 19.9 Å². The minimum Gasteiger partial charge on any atom is -0.430 e. The predicted octanol–water partition coefficient (Wildman–Crippen LogP) is 3.02. The molecular weight excluding hydrogens is 298 g/mol. The van der Waals surface area contributed by atoms with Gasteiger partial charge in [-0.3, -0.25) is 10.1 Å². The van der Waals surface area contributed by atoms with Crippen LogP contribution in [0.2, 0.25) is 5.28 Å². The normalized spacial score (nSPS) is 10.8. The Kier molecular flexibility index (Phi) is 3.15. The largest absolute Gasteiger partial charge is 0.430 e. The van der Waals surface area contributed by atoms with Gasteiger partial charge in [-0.25, -0.2) is 4.98 Å². The van der Waals surface area contributed by atoms with Crippen molar-refractivity contribution in [2.24, 2.45) is 0 Å². The van der Waals surface area contributed by atoms with Crippen LogP contribution in [0.5, 0.6) is 11.6 Å². The number of fused-ring (bicyclic) bond motifs is 1. The third kappa shape index (κ3) is 2.48. The molecule has 0 saturated heterocycles. The van der Waals surface area contributed by atoms with E-state index in [4.69, 9.17) is 16.3 Å². The van der Waals surface area contributed by atoms with Gasteiger partial charge in [0, 0.05) is 6.07 Å². The first-order valence-electron chi connectivity index (χ1n) is 5.84. The highest BCUT2D eigenvalue weighted by Crippen LogP contribution is 2.33. The number of aromatic nitrogens is 4. The van der Waals surface area contributed by atoms with Crippen molar-refractivity contribution in [1.82, 2.24) is 19.9 Å². The fourth-order valence-corrected chi connectivity index (χ4v) is 1.97. The molecule has 0 aliphatic rings. The third-order valence-corrected chi connectivity index (χ3v) is 2.91. The smallest absolute Gasteiger partial charge is 0.311 e. The summed E-state index contributed by atoms with van der Waals surface area (Å²) in [6, 6.07) is 4.63. The van der Waals surface area contributed by atoms with Crippen LogP contribution in [0.25, 0.3) is 11.2 Å². The molecule has 0 spiro atoms. The van der Waals surface area contributed by atoms with Gasteiger partial charge in [0.2, 0.25) is 16.9 Å². The van der Waals surface area contributed by atoms with Crippen molar-refractivity contribution in [3.63, 3.8) is 0 Å². The Morgan fingerprint density at radius 1 is 1.38 bits per heavy atom.